The summed E-state index contributed by atoms with van der Waals surface area (Å²) in [6.07, 6.45) is -6.89. The van der Waals surface area contributed by atoms with Crippen molar-refractivity contribution in [1.29, 1.82) is 0 Å². The molecule has 0 saturated heterocycles. The van der Waals surface area contributed by atoms with Crippen molar-refractivity contribution < 1.29 is 39.1 Å². The van der Waals surface area contributed by atoms with E-state index in [1.165, 1.54) is 0 Å². The molecule has 0 N–H and O–H groups in total. The molecule has 0 radical (unpaired) electrons. The molecule has 0 unspecified atom stereocenters. The van der Waals surface area contributed by atoms with Gasteiger partial charge in [-0.2, -0.15) is 0 Å². The number of halogens is 11. The summed E-state index contributed by atoms with van der Waals surface area (Å²) in [6.45, 7) is 0. The van der Waals surface area contributed by atoms with Crippen LogP contribution in [0.1, 0.15) is 0 Å². The predicted molar refractivity (Wildman–Crippen MR) is 36.8 cm³/mol. The molecule has 0 aliphatic rings. The van der Waals surface area contributed by atoms with Crippen LogP contribution >= 0.6 is 28.4 Å². The van der Waals surface area contributed by atoms with Crippen molar-refractivity contribution in [2.45, 2.75) is 17.8 Å². The second kappa shape index (κ2) is 3.20. The fourth-order valence-electron chi connectivity index (χ4n) is 0.383. The third-order valence-corrected chi connectivity index (χ3v) is 3.56. The van der Waals surface area contributed by atoms with E-state index >= 15 is 0 Å². The van der Waals surface area contributed by atoms with Crippen LogP contribution in [0.3, 0.4) is 0 Å². The number of alkyl halides is 7. The SMILES string of the molecule is FC(F)(F)C(F)(F)C(F)(F)P(F)(F)(Cl)Cl. The van der Waals surface area contributed by atoms with Gasteiger partial charge in [-0.1, -0.05) is 0 Å². The summed E-state index contributed by atoms with van der Waals surface area (Å²) in [5.41, 5.74) is -6.88. The van der Waals surface area contributed by atoms with E-state index in [1.54, 1.807) is 0 Å². The van der Waals surface area contributed by atoms with Crippen molar-refractivity contribution in [2.24, 2.45) is 0 Å². The molecule has 0 saturated carbocycles. The average molecular weight is 309 g/mol. The van der Waals surface area contributed by atoms with Gasteiger partial charge in [0.25, 0.3) is 0 Å². The zero-order valence-corrected chi connectivity index (χ0v) is 8.51. The summed E-state index contributed by atoms with van der Waals surface area (Å²) in [5.74, 6) is -15.5. The summed E-state index contributed by atoms with van der Waals surface area (Å²) in [4.78, 5) is 0. The van der Waals surface area contributed by atoms with Crippen LogP contribution in [0.2, 0.25) is 0 Å². The number of hydrogen-bond acceptors (Lipinski definition) is 0. The quantitative estimate of drug-likeness (QED) is 0.473. The second-order valence-electron chi connectivity index (χ2n) is 2.33. The fraction of sp³-hybridized carbons (Fsp3) is 1.00. The Kier molecular flexibility index (Phi) is 3.28. The van der Waals surface area contributed by atoms with E-state index in [1.807, 2.05) is 0 Å². The van der Waals surface area contributed by atoms with Crippen LogP contribution in [0.4, 0.5) is 39.1 Å². The van der Waals surface area contributed by atoms with E-state index in [4.69, 9.17) is 0 Å². The van der Waals surface area contributed by atoms with Crippen molar-refractivity contribution in [3.8, 4) is 0 Å². The molecule has 0 spiro atoms. The monoisotopic (exact) mass is 308 g/mol. The second-order valence-corrected chi connectivity index (χ2v) is 8.42. The Hall–Kier alpha value is 0.380. The van der Waals surface area contributed by atoms with Crippen molar-refractivity contribution in [2.75, 3.05) is 0 Å². The molecule has 0 aliphatic carbocycles. The van der Waals surface area contributed by atoms with Gasteiger partial charge in [-0.25, -0.2) is 0 Å². The molecule has 12 heteroatoms. The Labute approximate surface area is 86.1 Å². The molecule has 0 heterocycles. The van der Waals surface area contributed by atoms with Gasteiger partial charge in [0.1, 0.15) is 0 Å². The molecule has 0 bridgehead atoms. The van der Waals surface area contributed by atoms with Crippen molar-refractivity contribution in [1.82, 2.24) is 0 Å². The first-order valence-electron chi connectivity index (χ1n) is 2.72. The fourth-order valence-corrected chi connectivity index (χ4v) is 1.57. The van der Waals surface area contributed by atoms with Crippen LogP contribution in [0.5, 0.6) is 0 Å². The molecule has 0 fully saturated rings. The Bertz CT molecular complexity index is 252. The minimum absolute atomic E-state index is 3.60. The van der Waals surface area contributed by atoms with Crippen LogP contribution in [0.15, 0.2) is 0 Å². The summed E-state index contributed by atoms with van der Waals surface area (Å²) in [6, 6.07) is 0. The zero-order chi connectivity index (χ0) is 12.9. The first kappa shape index (κ1) is 15.4. The number of rotatable bonds is 2. The Morgan fingerprint density at radius 2 is 1.00 bits per heavy atom. The molecule has 0 nitrogen and oxygen atoms in total. The van der Waals surface area contributed by atoms with Crippen LogP contribution in [0, 0.1) is 0 Å². The van der Waals surface area contributed by atoms with Crippen molar-refractivity contribution >= 4 is 28.4 Å². The van der Waals surface area contributed by atoms with E-state index in [0.717, 1.165) is 0 Å². The van der Waals surface area contributed by atoms with Gasteiger partial charge in [0, 0.05) is 0 Å². The van der Waals surface area contributed by atoms with Gasteiger partial charge in [-0.15, -0.1) is 0 Å². The molecular weight excluding hydrogens is 309 g/mol. The Morgan fingerprint density at radius 3 is 1.07 bits per heavy atom. The molecule has 0 amide bonds. The van der Waals surface area contributed by atoms with Crippen molar-refractivity contribution in [3.05, 3.63) is 0 Å². The van der Waals surface area contributed by atoms with Gasteiger partial charge in [-0.05, 0) is 0 Å². The first-order chi connectivity index (χ1) is 6.01. The van der Waals surface area contributed by atoms with Gasteiger partial charge >= 0.3 is 85.3 Å². The predicted octanol–water partition coefficient (Wildman–Crippen LogP) is 5.41. The van der Waals surface area contributed by atoms with Crippen molar-refractivity contribution in [3.63, 3.8) is 0 Å². The van der Waals surface area contributed by atoms with Gasteiger partial charge in [0.05, 0.1) is 0 Å². The molecular formula is C3Cl2F9P. The zero-order valence-electron chi connectivity index (χ0n) is 6.10. The molecule has 0 aromatic carbocycles. The van der Waals surface area contributed by atoms with Crippen LogP contribution < -0.4 is 0 Å². The van der Waals surface area contributed by atoms with E-state index in [9.17, 15) is 39.1 Å². The summed E-state index contributed by atoms with van der Waals surface area (Å²) >= 11 is 7.21. The molecule has 94 valence electrons. The maximum atomic E-state index is 12.2. The summed E-state index contributed by atoms with van der Waals surface area (Å²) in [5, 5.41) is 0. The van der Waals surface area contributed by atoms with Gasteiger partial charge in [0.15, 0.2) is 0 Å². The molecule has 0 aliphatic heterocycles. The number of hydrogen-bond donors (Lipinski definition) is 0. The minimum atomic E-state index is -8.46. The standard InChI is InChI=1S/C3Cl2F9P/c4-15(5,13,14)3(11,12)1(6,7)2(8,9)10. The van der Waals surface area contributed by atoms with Gasteiger partial charge in [0.2, 0.25) is 0 Å². The van der Waals surface area contributed by atoms with Gasteiger partial charge < -0.3 is 0 Å². The van der Waals surface area contributed by atoms with E-state index in [2.05, 4.69) is 22.5 Å². The Balaban J connectivity index is 5.61. The summed E-state index contributed by atoms with van der Waals surface area (Å²) in [7, 11) is 0. The third kappa shape index (κ3) is 2.39. The van der Waals surface area contributed by atoms with Gasteiger partial charge in [-0.3, -0.25) is 0 Å². The molecule has 0 aromatic heterocycles. The third-order valence-electron chi connectivity index (χ3n) is 1.16. The molecule has 0 rings (SSSR count). The normalized spacial score (nSPS) is 18.5. The molecule has 15 heavy (non-hydrogen) atoms. The summed E-state index contributed by atoms with van der Waals surface area (Å²) < 4.78 is 107. The average Bonchev–Trinajstić information content (AvgIpc) is 1.79. The first-order valence-corrected chi connectivity index (χ1v) is 6.55. The van der Waals surface area contributed by atoms with E-state index in [0.29, 0.717) is 0 Å². The van der Waals surface area contributed by atoms with Crippen LogP contribution in [-0.2, 0) is 0 Å². The maximum absolute atomic E-state index is 12.2. The van der Waals surface area contributed by atoms with Crippen LogP contribution in [0.25, 0.3) is 0 Å². The van der Waals surface area contributed by atoms with E-state index < -0.39 is 23.7 Å². The van der Waals surface area contributed by atoms with E-state index in [-0.39, 0.29) is 0 Å². The molecule has 0 aromatic rings. The molecule has 0 atom stereocenters. The Morgan fingerprint density at radius 1 is 0.733 bits per heavy atom. The topological polar surface area (TPSA) is 0 Å². The van der Waals surface area contributed by atoms with Crippen LogP contribution in [-0.4, -0.2) is 17.8 Å².